The molecule has 88 valence electrons. The van der Waals surface area contributed by atoms with E-state index >= 15 is 0 Å². The third-order valence-corrected chi connectivity index (χ3v) is 4.36. The fourth-order valence-corrected chi connectivity index (χ4v) is 2.93. The van der Waals surface area contributed by atoms with Gasteiger partial charge in [-0.25, -0.2) is 0 Å². The van der Waals surface area contributed by atoms with Crippen molar-refractivity contribution in [2.75, 3.05) is 19.6 Å². The van der Waals surface area contributed by atoms with E-state index in [1.165, 1.54) is 19.3 Å². The van der Waals surface area contributed by atoms with Crippen LogP contribution in [-0.4, -0.2) is 30.3 Å². The number of carbonyl (C=O) groups is 1. The third kappa shape index (κ3) is 2.92. The van der Waals surface area contributed by atoms with E-state index in [-0.39, 0.29) is 5.78 Å². The first-order valence-electron chi connectivity index (χ1n) is 6.08. The lowest BCUT2D eigenvalue weighted by atomic mass is 9.94. The minimum absolute atomic E-state index is 0.282. The van der Waals surface area contributed by atoms with Crippen LogP contribution in [0.4, 0.5) is 0 Å². The summed E-state index contributed by atoms with van der Waals surface area (Å²) in [5.41, 5.74) is 0. The first-order valence-corrected chi connectivity index (χ1v) is 6.96. The summed E-state index contributed by atoms with van der Waals surface area (Å²) in [4.78, 5) is 15.1. The Bertz CT molecular complexity index is 326. The van der Waals surface area contributed by atoms with Crippen LogP contribution < -0.4 is 0 Å². The average Bonchev–Trinajstić information content (AvgIpc) is 2.83. The van der Waals surface area contributed by atoms with Gasteiger partial charge in [0.1, 0.15) is 0 Å². The number of hydrogen-bond donors (Lipinski definition) is 0. The Morgan fingerprint density at radius 1 is 1.50 bits per heavy atom. The minimum Gasteiger partial charge on any atom is -0.296 e. The van der Waals surface area contributed by atoms with Crippen molar-refractivity contribution in [3.63, 3.8) is 0 Å². The maximum Gasteiger partial charge on any atom is 0.186 e. The SMILES string of the molecule is CCC1CCN(CC(=O)c2cccs2)CC1. The number of piperidine rings is 1. The predicted molar refractivity (Wildman–Crippen MR) is 68.1 cm³/mol. The quantitative estimate of drug-likeness (QED) is 0.750. The van der Waals surface area contributed by atoms with Gasteiger partial charge in [-0.05, 0) is 43.3 Å². The fourth-order valence-electron chi connectivity index (χ4n) is 2.27. The highest BCUT2D eigenvalue weighted by molar-refractivity contribution is 7.12. The standard InChI is InChI=1S/C13H19NOS/c1-2-11-5-7-14(8-6-11)10-12(15)13-4-3-9-16-13/h3-4,9,11H,2,5-8,10H2,1H3. The molecule has 1 aliphatic heterocycles. The monoisotopic (exact) mass is 237 g/mol. The lowest BCUT2D eigenvalue weighted by molar-refractivity contribution is 0.0898. The number of Topliss-reactive ketones (excluding diaryl/α,β-unsaturated/α-hetero) is 1. The summed E-state index contributed by atoms with van der Waals surface area (Å²) in [6.07, 6.45) is 3.80. The molecule has 0 radical (unpaired) electrons. The molecule has 0 N–H and O–H groups in total. The van der Waals surface area contributed by atoms with E-state index in [0.717, 1.165) is 23.9 Å². The molecule has 2 nitrogen and oxygen atoms in total. The van der Waals surface area contributed by atoms with Gasteiger partial charge in [0.05, 0.1) is 11.4 Å². The molecule has 1 fully saturated rings. The van der Waals surface area contributed by atoms with Gasteiger partial charge in [0.15, 0.2) is 5.78 Å². The normalized spacial score (nSPS) is 18.8. The molecule has 1 aromatic heterocycles. The summed E-state index contributed by atoms with van der Waals surface area (Å²) in [6.45, 7) is 5.05. The molecule has 1 aliphatic rings. The zero-order valence-corrected chi connectivity index (χ0v) is 10.6. The number of ketones is 1. The second-order valence-corrected chi connectivity index (χ2v) is 5.48. The topological polar surface area (TPSA) is 20.3 Å². The molecule has 0 unspecified atom stereocenters. The minimum atomic E-state index is 0.282. The van der Waals surface area contributed by atoms with Gasteiger partial charge < -0.3 is 0 Å². The zero-order valence-electron chi connectivity index (χ0n) is 9.82. The summed E-state index contributed by atoms with van der Waals surface area (Å²) >= 11 is 1.55. The molecule has 0 bridgehead atoms. The Balaban J connectivity index is 1.81. The predicted octanol–water partition coefficient (Wildman–Crippen LogP) is 3.05. The van der Waals surface area contributed by atoms with Crippen molar-refractivity contribution < 1.29 is 4.79 Å². The molecule has 0 spiro atoms. The van der Waals surface area contributed by atoms with Gasteiger partial charge >= 0.3 is 0 Å². The summed E-state index contributed by atoms with van der Waals surface area (Å²) in [6, 6.07) is 3.87. The van der Waals surface area contributed by atoms with Crippen LogP contribution in [0.1, 0.15) is 35.9 Å². The van der Waals surface area contributed by atoms with Gasteiger partial charge in [-0.15, -0.1) is 11.3 Å². The van der Waals surface area contributed by atoms with Crippen molar-refractivity contribution in [3.05, 3.63) is 22.4 Å². The van der Waals surface area contributed by atoms with E-state index < -0.39 is 0 Å². The van der Waals surface area contributed by atoms with Crippen LogP contribution >= 0.6 is 11.3 Å². The number of rotatable bonds is 4. The van der Waals surface area contributed by atoms with Crippen LogP contribution in [0, 0.1) is 5.92 Å². The Hall–Kier alpha value is -0.670. The van der Waals surface area contributed by atoms with Crippen molar-refractivity contribution in [1.82, 2.24) is 4.90 Å². The Kier molecular flexibility index (Phi) is 4.13. The van der Waals surface area contributed by atoms with Crippen LogP contribution in [0.3, 0.4) is 0 Å². The first-order chi connectivity index (χ1) is 7.79. The zero-order chi connectivity index (χ0) is 11.4. The molecule has 3 heteroatoms. The highest BCUT2D eigenvalue weighted by atomic mass is 32.1. The summed E-state index contributed by atoms with van der Waals surface area (Å²) in [5.74, 6) is 1.16. The van der Waals surface area contributed by atoms with Crippen molar-refractivity contribution in [2.24, 2.45) is 5.92 Å². The lowest BCUT2D eigenvalue weighted by Gasteiger charge is -2.30. The van der Waals surface area contributed by atoms with E-state index in [1.54, 1.807) is 11.3 Å². The van der Waals surface area contributed by atoms with Crippen LogP contribution in [0.2, 0.25) is 0 Å². The fraction of sp³-hybridized carbons (Fsp3) is 0.615. The summed E-state index contributed by atoms with van der Waals surface area (Å²) < 4.78 is 0. The van der Waals surface area contributed by atoms with Crippen LogP contribution in [0.15, 0.2) is 17.5 Å². The van der Waals surface area contributed by atoms with Gasteiger partial charge in [-0.3, -0.25) is 9.69 Å². The Morgan fingerprint density at radius 3 is 2.81 bits per heavy atom. The highest BCUT2D eigenvalue weighted by Crippen LogP contribution is 2.20. The van der Waals surface area contributed by atoms with E-state index in [9.17, 15) is 4.79 Å². The smallest absolute Gasteiger partial charge is 0.186 e. The van der Waals surface area contributed by atoms with Crippen molar-refractivity contribution in [3.8, 4) is 0 Å². The second kappa shape index (κ2) is 5.60. The number of hydrogen-bond acceptors (Lipinski definition) is 3. The van der Waals surface area contributed by atoms with Crippen LogP contribution in [0.25, 0.3) is 0 Å². The van der Waals surface area contributed by atoms with Crippen molar-refractivity contribution in [1.29, 1.82) is 0 Å². The van der Waals surface area contributed by atoms with E-state index in [4.69, 9.17) is 0 Å². The molecular weight excluding hydrogens is 218 g/mol. The molecule has 1 saturated heterocycles. The van der Waals surface area contributed by atoms with Gasteiger partial charge in [-0.2, -0.15) is 0 Å². The van der Waals surface area contributed by atoms with E-state index in [0.29, 0.717) is 6.54 Å². The first kappa shape index (κ1) is 11.8. The molecule has 1 aromatic rings. The highest BCUT2D eigenvalue weighted by Gasteiger charge is 2.20. The van der Waals surface area contributed by atoms with Gasteiger partial charge in [-0.1, -0.05) is 19.4 Å². The van der Waals surface area contributed by atoms with E-state index in [1.807, 2.05) is 17.5 Å². The molecule has 0 amide bonds. The largest absolute Gasteiger partial charge is 0.296 e. The molecular formula is C13H19NOS. The van der Waals surface area contributed by atoms with Crippen molar-refractivity contribution >= 4 is 17.1 Å². The third-order valence-electron chi connectivity index (χ3n) is 3.45. The molecule has 0 aliphatic carbocycles. The maximum absolute atomic E-state index is 11.9. The van der Waals surface area contributed by atoms with E-state index in [2.05, 4.69) is 11.8 Å². The number of thiophene rings is 1. The number of carbonyl (C=O) groups excluding carboxylic acids is 1. The van der Waals surface area contributed by atoms with Gasteiger partial charge in [0, 0.05) is 0 Å². The Morgan fingerprint density at radius 2 is 2.25 bits per heavy atom. The molecule has 2 rings (SSSR count). The molecule has 0 aromatic carbocycles. The van der Waals surface area contributed by atoms with Crippen molar-refractivity contribution in [2.45, 2.75) is 26.2 Å². The Labute approximate surface area is 101 Å². The molecule has 2 heterocycles. The number of likely N-dealkylation sites (tertiary alicyclic amines) is 1. The second-order valence-electron chi connectivity index (χ2n) is 4.53. The van der Waals surface area contributed by atoms with Crippen LogP contribution in [-0.2, 0) is 0 Å². The number of nitrogens with zero attached hydrogens (tertiary/aromatic N) is 1. The molecule has 16 heavy (non-hydrogen) atoms. The maximum atomic E-state index is 11.9. The summed E-state index contributed by atoms with van der Waals surface area (Å²) in [5, 5.41) is 1.97. The van der Waals surface area contributed by atoms with Gasteiger partial charge in [0.25, 0.3) is 0 Å². The molecule has 0 atom stereocenters. The van der Waals surface area contributed by atoms with Gasteiger partial charge in [0.2, 0.25) is 0 Å². The van der Waals surface area contributed by atoms with Crippen LogP contribution in [0.5, 0.6) is 0 Å². The summed E-state index contributed by atoms with van der Waals surface area (Å²) in [7, 11) is 0. The average molecular weight is 237 g/mol. The molecule has 0 saturated carbocycles. The lowest BCUT2D eigenvalue weighted by Crippen LogP contribution is -2.37.